The molecule has 0 spiro atoms. The van der Waals surface area contributed by atoms with Gasteiger partial charge in [-0.3, -0.25) is 9.69 Å². The first kappa shape index (κ1) is 18.6. The molecule has 1 aliphatic heterocycles. The first-order valence-electron chi connectivity index (χ1n) is 9.27. The third kappa shape index (κ3) is 4.32. The molecule has 4 nitrogen and oxygen atoms in total. The second kappa shape index (κ2) is 8.47. The molecule has 0 aliphatic carbocycles. The van der Waals surface area contributed by atoms with Gasteiger partial charge in [0.15, 0.2) is 0 Å². The van der Waals surface area contributed by atoms with Crippen LogP contribution < -0.4 is 0 Å². The van der Waals surface area contributed by atoms with Gasteiger partial charge in [0.05, 0.1) is 25.3 Å². The lowest BCUT2D eigenvalue weighted by molar-refractivity contribution is -0.136. The third-order valence-electron chi connectivity index (χ3n) is 5.09. The van der Waals surface area contributed by atoms with Gasteiger partial charge in [0, 0.05) is 19.6 Å². The summed E-state index contributed by atoms with van der Waals surface area (Å²) in [7, 11) is 1.90. The van der Waals surface area contributed by atoms with Gasteiger partial charge >= 0.3 is 0 Å². The zero-order chi connectivity index (χ0) is 18.5. The minimum Gasteiger partial charge on any atom is -0.376 e. The third-order valence-corrected chi connectivity index (χ3v) is 5.09. The first-order valence-corrected chi connectivity index (χ1v) is 9.27. The number of amides is 1. The molecule has 2 aromatic carbocycles. The molecule has 1 amide bonds. The number of nitrogens with zero attached hydrogens (tertiary/aromatic N) is 2. The van der Waals surface area contributed by atoms with Crippen LogP contribution in [0.5, 0.6) is 0 Å². The van der Waals surface area contributed by atoms with Gasteiger partial charge in [-0.15, -0.1) is 0 Å². The van der Waals surface area contributed by atoms with Crippen LogP contribution in [0.4, 0.5) is 0 Å². The van der Waals surface area contributed by atoms with Crippen molar-refractivity contribution in [2.75, 3.05) is 26.7 Å². The van der Waals surface area contributed by atoms with E-state index in [0.717, 1.165) is 17.7 Å². The van der Waals surface area contributed by atoms with E-state index in [0.29, 0.717) is 13.2 Å². The highest BCUT2D eigenvalue weighted by atomic mass is 16.5. The lowest BCUT2D eigenvalue weighted by Crippen LogP contribution is -2.51. The lowest BCUT2D eigenvalue weighted by atomic mass is 9.97. The van der Waals surface area contributed by atoms with Gasteiger partial charge < -0.3 is 9.64 Å². The molecule has 0 bridgehead atoms. The van der Waals surface area contributed by atoms with Crippen LogP contribution >= 0.6 is 0 Å². The molecule has 1 fully saturated rings. The molecular weight excluding hydrogens is 324 g/mol. The highest BCUT2D eigenvalue weighted by molar-refractivity contribution is 5.79. The predicted molar refractivity (Wildman–Crippen MR) is 104 cm³/mol. The van der Waals surface area contributed by atoms with Gasteiger partial charge in [-0.25, -0.2) is 0 Å². The van der Waals surface area contributed by atoms with E-state index in [4.69, 9.17) is 4.74 Å². The predicted octanol–water partition coefficient (Wildman–Crippen LogP) is 3.34. The van der Waals surface area contributed by atoms with E-state index in [9.17, 15) is 4.79 Å². The van der Waals surface area contributed by atoms with Crippen LogP contribution in [0, 0.1) is 0 Å². The van der Waals surface area contributed by atoms with E-state index >= 15 is 0 Å². The van der Waals surface area contributed by atoms with E-state index in [1.54, 1.807) is 0 Å². The Morgan fingerprint density at radius 2 is 1.62 bits per heavy atom. The van der Waals surface area contributed by atoms with Crippen molar-refractivity contribution in [1.82, 2.24) is 9.80 Å². The Balaban J connectivity index is 1.81. The fourth-order valence-corrected chi connectivity index (χ4v) is 3.53. The van der Waals surface area contributed by atoms with E-state index in [-0.39, 0.29) is 24.1 Å². The smallest absolute Gasteiger partial charge is 0.237 e. The van der Waals surface area contributed by atoms with Gasteiger partial charge in [-0.1, -0.05) is 60.7 Å². The van der Waals surface area contributed by atoms with E-state index in [1.807, 2.05) is 48.3 Å². The summed E-state index contributed by atoms with van der Waals surface area (Å²) >= 11 is 0. The maximum atomic E-state index is 13.1. The number of hydrogen-bond acceptors (Lipinski definition) is 3. The van der Waals surface area contributed by atoms with Crippen LogP contribution in [0.3, 0.4) is 0 Å². The van der Waals surface area contributed by atoms with Crippen molar-refractivity contribution in [3.05, 3.63) is 71.8 Å². The Morgan fingerprint density at radius 1 is 1.08 bits per heavy atom. The second-order valence-electron chi connectivity index (χ2n) is 7.15. The summed E-state index contributed by atoms with van der Waals surface area (Å²) in [4.78, 5) is 17.2. The topological polar surface area (TPSA) is 32.8 Å². The standard InChI is InChI=1S/C22H28N2O2/c1-17-16-26-18(2)14-24(17)15-21(25)23(3)22(19-10-6-4-7-11-19)20-12-8-5-9-13-20/h4-13,17-18,22H,14-16H2,1-3H3. The Kier molecular flexibility index (Phi) is 6.07. The number of likely N-dealkylation sites (N-methyl/N-ethyl adjacent to an activating group) is 1. The molecule has 0 saturated carbocycles. The van der Waals surface area contributed by atoms with Gasteiger partial charge in [-0.05, 0) is 25.0 Å². The van der Waals surface area contributed by atoms with Gasteiger partial charge in [-0.2, -0.15) is 0 Å². The monoisotopic (exact) mass is 352 g/mol. The Bertz CT molecular complexity index is 665. The van der Waals surface area contributed by atoms with Crippen LogP contribution in [-0.2, 0) is 9.53 Å². The van der Waals surface area contributed by atoms with Crippen molar-refractivity contribution in [3.63, 3.8) is 0 Å². The largest absolute Gasteiger partial charge is 0.376 e. The molecule has 0 N–H and O–H groups in total. The first-order chi connectivity index (χ1) is 12.6. The number of ether oxygens (including phenoxy) is 1. The quantitative estimate of drug-likeness (QED) is 0.827. The van der Waals surface area contributed by atoms with E-state index < -0.39 is 0 Å². The van der Waals surface area contributed by atoms with Crippen molar-refractivity contribution in [2.24, 2.45) is 0 Å². The summed E-state index contributed by atoms with van der Waals surface area (Å²) in [5.41, 5.74) is 2.25. The number of morpholine rings is 1. The zero-order valence-corrected chi connectivity index (χ0v) is 15.8. The maximum Gasteiger partial charge on any atom is 0.237 e. The van der Waals surface area contributed by atoms with Crippen molar-refractivity contribution in [2.45, 2.75) is 32.0 Å². The minimum absolute atomic E-state index is 0.0846. The molecule has 1 saturated heterocycles. The molecule has 2 atom stereocenters. The number of rotatable bonds is 5. The number of benzene rings is 2. The SMILES string of the molecule is CC1CN(CC(=O)N(C)C(c2ccccc2)c2ccccc2)C(C)CO1. The number of hydrogen-bond donors (Lipinski definition) is 0. The summed E-state index contributed by atoms with van der Waals surface area (Å²) in [6.07, 6.45) is 0.170. The highest BCUT2D eigenvalue weighted by Crippen LogP contribution is 2.27. The van der Waals surface area contributed by atoms with Gasteiger partial charge in [0.25, 0.3) is 0 Å². The summed E-state index contributed by atoms with van der Waals surface area (Å²) < 4.78 is 5.68. The zero-order valence-electron chi connectivity index (χ0n) is 15.8. The van der Waals surface area contributed by atoms with Crippen LogP contribution in [0.15, 0.2) is 60.7 Å². The molecule has 1 heterocycles. The van der Waals surface area contributed by atoms with Crippen LogP contribution in [0.1, 0.15) is 31.0 Å². The lowest BCUT2D eigenvalue weighted by Gasteiger charge is -2.38. The summed E-state index contributed by atoms with van der Waals surface area (Å²) in [6, 6.07) is 20.6. The normalized spacial score (nSPS) is 20.9. The van der Waals surface area contributed by atoms with Gasteiger partial charge in [0.1, 0.15) is 0 Å². The van der Waals surface area contributed by atoms with E-state index in [2.05, 4.69) is 43.0 Å². The average Bonchev–Trinajstić information content (AvgIpc) is 2.66. The van der Waals surface area contributed by atoms with Crippen LogP contribution in [-0.4, -0.2) is 54.6 Å². The highest BCUT2D eigenvalue weighted by Gasteiger charge is 2.29. The molecule has 0 radical (unpaired) electrons. The van der Waals surface area contributed by atoms with Crippen LogP contribution in [0.25, 0.3) is 0 Å². The minimum atomic E-state index is -0.0846. The molecule has 26 heavy (non-hydrogen) atoms. The Morgan fingerprint density at radius 3 is 2.15 bits per heavy atom. The van der Waals surface area contributed by atoms with Crippen molar-refractivity contribution in [3.8, 4) is 0 Å². The Labute approximate surface area is 156 Å². The number of carbonyl (C=O) groups excluding carboxylic acids is 1. The fraction of sp³-hybridized carbons (Fsp3) is 0.409. The second-order valence-corrected chi connectivity index (χ2v) is 7.15. The maximum absolute atomic E-state index is 13.1. The molecule has 2 aromatic rings. The van der Waals surface area contributed by atoms with Crippen LogP contribution in [0.2, 0.25) is 0 Å². The molecular formula is C22H28N2O2. The fourth-order valence-electron chi connectivity index (χ4n) is 3.53. The van der Waals surface area contributed by atoms with Crippen molar-refractivity contribution in [1.29, 1.82) is 0 Å². The van der Waals surface area contributed by atoms with Crippen molar-refractivity contribution >= 4 is 5.91 Å². The van der Waals surface area contributed by atoms with E-state index in [1.165, 1.54) is 0 Å². The Hall–Kier alpha value is -2.17. The van der Waals surface area contributed by atoms with Gasteiger partial charge in [0.2, 0.25) is 5.91 Å². The molecule has 4 heteroatoms. The average molecular weight is 352 g/mol. The van der Waals surface area contributed by atoms with Crippen molar-refractivity contribution < 1.29 is 9.53 Å². The molecule has 3 rings (SSSR count). The summed E-state index contributed by atoms with van der Waals surface area (Å²) in [5, 5.41) is 0. The molecule has 138 valence electrons. The number of carbonyl (C=O) groups is 1. The summed E-state index contributed by atoms with van der Waals surface area (Å²) in [5.74, 6) is 0.128. The molecule has 2 unspecified atom stereocenters. The summed E-state index contributed by atoms with van der Waals surface area (Å²) in [6.45, 7) is 6.07. The molecule has 1 aliphatic rings. The molecule has 0 aromatic heterocycles.